The number of amides is 3. The second kappa shape index (κ2) is 7.62. The van der Waals surface area contributed by atoms with Crippen molar-refractivity contribution in [2.45, 2.75) is 64.3 Å². The van der Waals surface area contributed by atoms with Crippen molar-refractivity contribution in [2.75, 3.05) is 18.4 Å². The van der Waals surface area contributed by atoms with Gasteiger partial charge in [0, 0.05) is 36.9 Å². The summed E-state index contributed by atoms with van der Waals surface area (Å²) in [6, 6.07) is 0.302. The first-order valence-corrected chi connectivity index (χ1v) is 10.9. The van der Waals surface area contributed by atoms with Crippen LogP contribution in [0.2, 0.25) is 0 Å². The highest BCUT2D eigenvalue weighted by Gasteiger charge is 2.32. The molecule has 0 radical (unpaired) electrons. The molecule has 1 saturated heterocycles. The molecule has 2 heterocycles. The molecule has 1 saturated carbocycles. The number of likely N-dealkylation sites (tertiary alicyclic amines) is 1. The lowest BCUT2D eigenvalue weighted by molar-refractivity contribution is -0.132. The van der Waals surface area contributed by atoms with E-state index < -0.39 is 0 Å². The number of thiophene rings is 1. The molecular weight excluding hydrogens is 362 g/mol. The van der Waals surface area contributed by atoms with Crippen LogP contribution in [-0.4, -0.2) is 41.8 Å². The Morgan fingerprint density at radius 2 is 1.74 bits per heavy atom. The van der Waals surface area contributed by atoms with Crippen molar-refractivity contribution >= 4 is 34.1 Å². The third kappa shape index (κ3) is 4.03. The van der Waals surface area contributed by atoms with Gasteiger partial charge in [0.2, 0.25) is 11.8 Å². The second-order valence-electron chi connectivity index (χ2n) is 7.93. The molecule has 1 aromatic rings. The van der Waals surface area contributed by atoms with Gasteiger partial charge in [0.1, 0.15) is 5.00 Å². The molecule has 1 aromatic heterocycles. The number of carbonyl (C=O) groups excluding carboxylic acids is 3. The molecular formula is C20H27N3O3S. The average molecular weight is 390 g/mol. The Hall–Kier alpha value is -1.89. The van der Waals surface area contributed by atoms with Gasteiger partial charge in [-0.1, -0.05) is 0 Å². The summed E-state index contributed by atoms with van der Waals surface area (Å²) in [5.41, 5.74) is 1.85. The number of hydrogen-bond acceptors (Lipinski definition) is 4. The van der Waals surface area contributed by atoms with Gasteiger partial charge in [0.05, 0.1) is 5.56 Å². The molecule has 6 nitrogen and oxygen atoms in total. The zero-order chi connectivity index (χ0) is 19.0. The lowest BCUT2D eigenvalue weighted by Crippen LogP contribution is -2.40. The molecule has 27 heavy (non-hydrogen) atoms. The number of rotatable bonds is 4. The summed E-state index contributed by atoms with van der Waals surface area (Å²) in [6.07, 6.45) is 7.63. The molecule has 0 unspecified atom stereocenters. The molecule has 3 amide bonds. The Morgan fingerprint density at radius 3 is 2.41 bits per heavy atom. The lowest BCUT2D eigenvalue weighted by atomic mass is 9.94. The zero-order valence-electron chi connectivity index (χ0n) is 15.8. The molecule has 1 aliphatic heterocycles. The van der Waals surface area contributed by atoms with Crippen molar-refractivity contribution in [3.8, 4) is 0 Å². The Kier molecular flexibility index (Phi) is 5.21. The van der Waals surface area contributed by atoms with E-state index in [2.05, 4.69) is 10.6 Å². The summed E-state index contributed by atoms with van der Waals surface area (Å²) in [5, 5.41) is 6.88. The van der Waals surface area contributed by atoms with Crippen molar-refractivity contribution < 1.29 is 14.4 Å². The van der Waals surface area contributed by atoms with E-state index >= 15 is 0 Å². The molecule has 3 aliphatic rings. The van der Waals surface area contributed by atoms with Gasteiger partial charge in [0.15, 0.2) is 0 Å². The normalized spacial score (nSPS) is 20.1. The zero-order valence-corrected chi connectivity index (χ0v) is 16.6. The van der Waals surface area contributed by atoms with Gasteiger partial charge < -0.3 is 15.5 Å². The van der Waals surface area contributed by atoms with Crippen LogP contribution in [0, 0.1) is 5.92 Å². The first kappa shape index (κ1) is 18.5. The fraction of sp³-hybridized carbons (Fsp3) is 0.650. The third-order valence-corrected chi connectivity index (χ3v) is 7.07. The monoisotopic (exact) mass is 389 g/mol. The number of fused-ring (bicyclic) bond motifs is 1. The number of nitrogens with zero attached hydrogens (tertiary/aromatic N) is 1. The number of anilines is 1. The van der Waals surface area contributed by atoms with E-state index in [1.807, 2.05) is 0 Å². The predicted molar refractivity (Wildman–Crippen MR) is 105 cm³/mol. The number of carbonyl (C=O) groups is 3. The topological polar surface area (TPSA) is 78.5 Å². The van der Waals surface area contributed by atoms with Crippen LogP contribution in [0.4, 0.5) is 5.00 Å². The predicted octanol–water partition coefficient (Wildman–Crippen LogP) is 2.72. The minimum atomic E-state index is -0.0981. The van der Waals surface area contributed by atoms with Crippen molar-refractivity contribution in [1.82, 2.24) is 10.2 Å². The minimum Gasteiger partial charge on any atom is -0.349 e. The van der Waals surface area contributed by atoms with Crippen LogP contribution in [0.3, 0.4) is 0 Å². The van der Waals surface area contributed by atoms with Crippen LogP contribution < -0.4 is 10.6 Å². The smallest absolute Gasteiger partial charge is 0.254 e. The van der Waals surface area contributed by atoms with Crippen molar-refractivity contribution in [3.05, 3.63) is 16.0 Å². The van der Waals surface area contributed by atoms with E-state index in [1.54, 1.807) is 23.2 Å². The van der Waals surface area contributed by atoms with Crippen molar-refractivity contribution in [3.63, 3.8) is 0 Å². The van der Waals surface area contributed by atoms with Crippen LogP contribution >= 0.6 is 11.3 Å². The van der Waals surface area contributed by atoms with Gasteiger partial charge in [-0.15, -0.1) is 11.3 Å². The highest BCUT2D eigenvalue weighted by Crippen LogP contribution is 2.39. The van der Waals surface area contributed by atoms with Gasteiger partial charge in [-0.25, -0.2) is 0 Å². The standard InChI is InChI=1S/C20H27N3O3S/c1-12(24)23-10-8-13(9-11-23)18(25)22-20-17(19(26)21-14-6-7-14)15-4-2-3-5-16(15)27-20/h13-14H,2-11H2,1H3,(H,21,26)(H,22,25). The fourth-order valence-corrected chi connectivity index (χ4v) is 5.34. The summed E-state index contributed by atoms with van der Waals surface area (Å²) in [6.45, 7) is 2.83. The van der Waals surface area contributed by atoms with E-state index in [0.29, 0.717) is 37.5 Å². The number of piperidine rings is 1. The lowest BCUT2D eigenvalue weighted by Gasteiger charge is -2.30. The summed E-state index contributed by atoms with van der Waals surface area (Å²) in [4.78, 5) is 40.2. The second-order valence-corrected chi connectivity index (χ2v) is 9.04. The Morgan fingerprint density at radius 1 is 1.04 bits per heavy atom. The maximum atomic E-state index is 12.8. The fourth-order valence-electron chi connectivity index (χ4n) is 4.05. The summed E-state index contributed by atoms with van der Waals surface area (Å²) in [7, 11) is 0. The minimum absolute atomic E-state index is 0.0164. The Labute approximate surface area is 163 Å². The Bertz CT molecular complexity index is 761. The van der Waals surface area contributed by atoms with Crippen LogP contribution in [0.25, 0.3) is 0 Å². The third-order valence-electron chi connectivity index (χ3n) is 5.86. The highest BCUT2D eigenvalue weighted by atomic mass is 32.1. The quantitative estimate of drug-likeness (QED) is 0.831. The molecule has 2 N–H and O–H groups in total. The van der Waals surface area contributed by atoms with E-state index in [-0.39, 0.29) is 23.6 Å². The van der Waals surface area contributed by atoms with Gasteiger partial charge in [-0.2, -0.15) is 0 Å². The van der Waals surface area contributed by atoms with E-state index in [9.17, 15) is 14.4 Å². The molecule has 146 valence electrons. The largest absolute Gasteiger partial charge is 0.349 e. The molecule has 0 atom stereocenters. The van der Waals surface area contributed by atoms with E-state index in [0.717, 1.165) is 49.1 Å². The highest BCUT2D eigenvalue weighted by molar-refractivity contribution is 7.17. The maximum Gasteiger partial charge on any atom is 0.254 e. The molecule has 7 heteroatoms. The molecule has 2 fully saturated rings. The van der Waals surface area contributed by atoms with Crippen LogP contribution in [0.15, 0.2) is 0 Å². The van der Waals surface area contributed by atoms with E-state index in [4.69, 9.17) is 0 Å². The number of nitrogens with one attached hydrogen (secondary N) is 2. The maximum absolute atomic E-state index is 12.8. The summed E-state index contributed by atoms with van der Waals surface area (Å²) < 4.78 is 0. The van der Waals surface area contributed by atoms with Crippen LogP contribution in [0.5, 0.6) is 0 Å². The number of aryl methyl sites for hydroxylation is 1. The average Bonchev–Trinajstić information content (AvgIpc) is 3.39. The summed E-state index contributed by atoms with van der Waals surface area (Å²) >= 11 is 1.58. The summed E-state index contributed by atoms with van der Waals surface area (Å²) in [5.74, 6) is -0.0752. The Balaban J connectivity index is 1.49. The van der Waals surface area contributed by atoms with Gasteiger partial charge in [-0.05, 0) is 56.9 Å². The SMILES string of the molecule is CC(=O)N1CCC(C(=O)Nc2sc3c(c2C(=O)NC2CC2)CCCC3)CC1. The van der Waals surface area contributed by atoms with Gasteiger partial charge in [0.25, 0.3) is 5.91 Å². The molecule has 0 aromatic carbocycles. The van der Waals surface area contributed by atoms with Crippen LogP contribution in [0.1, 0.15) is 66.2 Å². The molecule has 0 spiro atoms. The van der Waals surface area contributed by atoms with Crippen LogP contribution in [-0.2, 0) is 22.4 Å². The van der Waals surface area contributed by atoms with Crippen molar-refractivity contribution in [1.29, 1.82) is 0 Å². The van der Waals surface area contributed by atoms with Crippen molar-refractivity contribution in [2.24, 2.45) is 5.92 Å². The molecule has 4 rings (SSSR count). The van der Waals surface area contributed by atoms with Gasteiger partial charge >= 0.3 is 0 Å². The van der Waals surface area contributed by atoms with Gasteiger partial charge in [-0.3, -0.25) is 14.4 Å². The molecule has 2 aliphatic carbocycles. The first-order chi connectivity index (χ1) is 13.0. The first-order valence-electron chi connectivity index (χ1n) is 10.0. The van der Waals surface area contributed by atoms with E-state index in [1.165, 1.54) is 4.88 Å². The number of hydrogen-bond donors (Lipinski definition) is 2. The molecule has 0 bridgehead atoms.